The van der Waals surface area contributed by atoms with Gasteiger partial charge >= 0.3 is 5.97 Å². The number of hydrogen-bond donors (Lipinski definition) is 2. The Hall–Kier alpha value is -2.41. The summed E-state index contributed by atoms with van der Waals surface area (Å²) < 4.78 is 9.56. The molecule has 1 fully saturated rings. The molecule has 0 aromatic heterocycles. The van der Waals surface area contributed by atoms with E-state index in [1.165, 1.54) is 7.11 Å². The zero-order valence-corrected chi connectivity index (χ0v) is 13.8. The number of rotatable bonds is 8. The number of carbonyl (C=O) groups is 3. The third kappa shape index (κ3) is 4.79. The number of nitrogens with one attached hydrogen (secondary N) is 2. The lowest BCUT2D eigenvalue weighted by molar-refractivity contribution is -0.125. The lowest BCUT2D eigenvalue weighted by atomic mass is 10.2. The van der Waals surface area contributed by atoms with Gasteiger partial charge in [0.25, 0.3) is 0 Å². The molecule has 0 heterocycles. The Morgan fingerprint density at radius 3 is 2.62 bits per heavy atom. The highest BCUT2D eigenvalue weighted by molar-refractivity contribution is 6.00. The van der Waals surface area contributed by atoms with Crippen molar-refractivity contribution >= 4 is 23.5 Å². The standard InChI is InChI=1S/C17H22N2O5/c1-23-8-4-7-18-15(20)13-10-14(13)16(21)19-12-6-3-5-11(9-12)17(22)24-2/h3,5-6,9,13-14H,4,7-8,10H2,1-2H3,(H,18,20)(H,19,21). The minimum Gasteiger partial charge on any atom is -0.465 e. The van der Waals surface area contributed by atoms with E-state index in [9.17, 15) is 14.4 Å². The monoisotopic (exact) mass is 334 g/mol. The van der Waals surface area contributed by atoms with Crippen LogP contribution in [0.25, 0.3) is 0 Å². The first-order valence-corrected chi connectivity index (χ1v) is 7.82. The van der Waals surface area contributed by atoms with Gasteiger partial charge in [-0.3, -0.25) is 9.59 Å². The highest BCUT2D eigenvalue weighted by atomic mass is 16.5. The lowest BCUT2D eigenvalue weighted by Gasteiger charge is -2.07. The van der Waals surface area contributed by atoms with Crippen LogP contribution in [0, 0.1) is 11.8 Å². The van der Waals surface area contributed by atoms with Crippen molar-refractivity contribution < 1.29 is 23.9 Å². The third-order valence-corrected chi connectivity index (χ3v) is 3.84. The Balaban J connectivity index is 1.82. The van der Waals surface area contributed by atoms with Gasteiger partial charge in [0.05, 0.1) is 24.5 Å². The number of benzene rings is 1. The quantitative estimate of drug-likeness (QED) is 0.550. The van der Waals surface area contributed by atoms with Crippen molar-refractivity contribution in [3.05, 3.63) is 29.8 Å². The number of ether oxygens (including phenoxy) is 2. The second-order valence-corrected chi connectivity index (χ2v) is 5.65. The zero-order valence-electron chi connectivity index (χ0n) is 13.8. The van der Waals surface area contributed by atoms with E-state index in [1.807, 2.05) is 0 Å². The van der Waals surface area contributed by atoms with E-state index in [-0.39, 0.29) is 23.7 Å². The first-order valence-electron chi connectivity index (χ1n) is 7.82. The molecule has 130 valence electrons. The largest absolute Gasteiger partial charge is 0.465 e. The Bertz CT molecular complexity index is 617. The van der Waals surface area contributed by atoms with Crippen LogP contribution in [0.1, 0.15) is 23.2 Å². The summed E-state index contributed by atoms with van der Waals surface area (Å²) in [4.78, 5) is 35.6. The summed E-state index contributed by atoms with van der Waals surface area (Å²) in [5.74, 6) is -1.39. The van der Waals surface area contributed by atoms with Crippen molar-refractivity contribution in [3.8, 4) is 0 Å². The second kappa shape index (κ2) is 8.44. The van der Waals surface area contributed by atoms with Gasteiger partial charge in [-0.25, -0.2) is 4.79 Å². The van der Waals surface area contributed by atoms with Crippen LogP contribution in [0.15, 0.2) is 24.3 Å². The molecule has 1 aliphatic rings. The fourth-order valence-electron chi connectivity index (χ4n) is 2.41. The highest BCUT2D eigenvalue weighted by Crippen LogP contribution is 2.39. The van der Waals surface area contributed by atoms with Crippen molar-refractivity contribution in [1.29, 1.82) is 0 Å². The molecule has 0 bridgehead atoms. The summed E-state index contributed by atoms with van der Waals surface area (Å²) in [6, 6.07) is 6.50. The van der Waals surface area contributed by atoms with Gasteiger partial charge in [-0.15, -0.1) is 0 Å². The minimum atomic E-state index is -0.467. The number of amides is 2. The topological polar surface area (TPSA) is 93.7 Å². The highest BCUT2D eigenvalue weighted by Gasteiger charge is 2.47. The molecule has 2 N–H and O–H groups in total. The van der Waals surface area contributed by atoms with E-state index in [4.69, 9.17) is 4.74 Å². The lowest BCUT2D eigenvalue weighted by Crippen LogP contribution is -2.28. The molecule has 7 heteroatoms. The molecule has 24 heavy (non-hydrogen) atoms. The smallest absolute Gasteiger partial charge is 0.337 e. The number of carbonyl (C=O) groups excluding carboxylic acids is 3. The fraction of sp³-hybridized carbons (Fsp3) is 0.471. The first-order chi connectivity index (χ1) is 11.6. The fourth-order valence-corrected chi connectivity index (χ4v) is 2.41. The van der Waals surface area contributed by atoms with Gasteiger partial charge in [-0.2, -0.15) is 0 Å². The van der Waals surface area contributed by atoms with Crippen LogP contribution in [-0.4, -0.2) is 45.2 Å². The Kier molecular flexibility index (Phi) is 6.31. The van der Waals surface area contributed by atoms with Gasteiger partial charge in [0.1, 0.15) is 0 Å². The summed E-state index contributed by atoms with van der Waals surface area (Å²) in [5.41, 5.74) is 0.868. The van der Waals surface area contributed by atoms with Gasteiger partial charge in [0, 0.05) is 25.9 Å². The minimum absolute atomic E-state index is 0.102. The van der Waals surface area contributed by atoms with Crippen LogP contribution in [-0.2, 0) is 19.1 Å². The normalized spacial score (nSPS) is 18.6. The van der Waals surface area contributed by atoms with Crippen LogP contribution in [0.3, 0.4) is 0 Å². The first kappa shape index (κ1) is 17.9. The maximum absolute atomic E-state index is 12.2. The summed E-state index contributed by atoms with van der Waals surface area (Å²) >= 11 is 0. The second-order valence-electron chi connectivity index (χ2n) is 5.65. The molecule has 0 spiro atoms. The number of anilines is 1. The molecule has 0 aliphatic heterocycles. The molecule has 1 aromatic rings. The molecule has 0 radical (unpaired) electrons. The number of esters is 1. The predicted octanol–water partition coefficient (Wildman–Crippen LogP) is 1.20. The molecule has 1 aromatic carbocycles. The molecule has 2 amide bonds. The third-order valence-electron chi connectivity index (χ3n) is 3.84. The van der Waals surface area contributed by atoms with Crippen LogP contribution in [0.5, 0.6) is 0 Å². The number of methoxy groups -OCH3 is 2. The Morgan fingerprint density at radius 1 is 1.17 bits per heavy atom. The van der Waals surface area contributed by atoms with Crippen LogP contribution in [0.2, 0.25) is 0 Å². The molecule has 7 nitrogen and oxygen atoms in total. The average molecular weight is 334 g/mol. The van der Waals surface area contributed by atoms with E-state index in [2.05, 4.69) is 15.4 Å². The summed E-state index contributed by atoms with van der Waals surface area (Å²) in [6.45, 7) is 1.13. The number of hydrogen-bond acceptors (Lipinski definition) is 5. The van der Waals surface area contributed by atoms with Gasteiger partial charge < -0.3 is 20.1 Å². The van der Waals surface area contributed by atoms with Crippen molar-refractivity contribution in [2.75, 3.05) is 32.7 Å². The summed E-state index contributed by atoms with van der Waals surface area (Å²) in [5, 5.41) is 5.54. The molecular formula is C17H22N2O5. The van der Waals surface area contributed by atoms with E-state index in [1.54, 1.807) is 31.4 Å². The zero-order chi connectivity index (χ0) is 17.5. The van der Waals surface area contributed by atoms with E-state index in [0.717, 1.165) is 6.42 Å². The molecule has 1 saturated carbocycles. The summed E-state index contributed by atoms with van der Waals surface area (Å²) in [7, 11) is 2.91. The summed E-state index contributed by atoms with van der Waals surface area (Å²) in [6.07, 6.45) is 1.28. The van der Waals surface area contributed by atoms with Crippen molar-refractivity contribution in [1.82, 2.24) is 5.32 Å². The predicted molar refractivity (Wildman–Crippen MR) is 87.5 cm³/mol. The van der Waals surface area contributed by atoms with Gasteiger partial charge in [0.2, 0.25) is 11.8 Å². The molecule has 2 rings (SSSR count). The van der Waals surface area contributed by atoms with Gasteiger partial charge in [-0.1, -0.05) is 6.07 Å². The van der Waals surface area contributed by atoms with Crippen molar-refractivity contribution in [2.24, 2.45) is 11.8 Å². The average Bonchev–Trinajstić information content (AvgIpc) is 3.39. The van der Waals surface area contributed by atoms with Gasteiger partial charge in [-0.05, 0) is 31.0 Å². The van der Waals surface area contributed by atoms with Crippen LogP contribution >= 0.6 is 0 Å². The molecular weight excluding hydrogens is 312 g/mol. The maximum atomic E-state index is 12.2. The van der Waals surface area contributed by atoms with Crippen LogP contribution in [0.4, 0.5) is 5.69 Å². The molecule has 2 atom stereocenters. The molecule has 1 aliphatic carbocycles. The Labute approximate surface area is 140 Å². The van der Waals surface area contributed by atoms with Crippen molar-refractivity contribution in [2.45, 2.75) is 12.8 Å². The van der Waals surface area contributed by atoms with Crippen LogP contribution < -0.4 is 10.6 Å². The van der Waals surface area contributed by atoms with E-state index < -0.39 is 5.97 Å². The molecule has 2 unspecified atom stereocenters. The SMILES string of the molecule is COCCCNC(=O)C1CC1C(=O)Nc1cccc(C(=O)OC)c1. The molecule has 0 saturated heterocycles. The van der Waals surface area contributed by atoms with Gasteiger partial charge in [0.15, 0.2) is 0 Å². The van der Waals surface area contributed by atoms with Crippen molar-refractivity contribution in [3.63, 3.8) is 0 Å². The van der Waals surface area contributed by atoms with E-state index in [0.29, 0.717) is 30.8 Å². The maximum Gasteiger partial charge on any atom is 0.337 e. The Morgan fingerprint density at radius 2 is 1.92 bits per heavy atom. The van der Waals surface area contributed by atoms with E-state index >= 15 is 0 Å².